The van der Waals surface area contributed by atoms with Gasteiger partial charge in [-0.2, -0.15) is 0 Å². The van der Waals surface area contributed by atoms with E-state index >= 15 is 0 Å². The molecule has 0 bridgehead atoms. The molecule has 0 aliphatic heterocycles. The van der Waals surface area contributed by atoms with Crippen LogP contribution in [0.25, 0.3) is 6.08 Å². The fourth-order valence-electron chi connectivity index (χ4n) is 2.13. The van der Waals surface area contributed by atoms with Gasteiger partial charge in [0.25, 0.3) is 5.69 Å². The second-order valence-corrected chi connectivity index (χ2v) is 5.22. The number of anilines is 1. The molecule has 0 atom stereocenters. The number of amides is 1. The lowest BCUT2D eigenvalue weighted by molar-refractivity contribution is -0.384. The van der Waals surface area contributed by atoms with Crippen LogP contribution in [-0.2, 0) is 4.79 Å². The number of benzene rings is 2. The topological polar surface area (TPSA) is 90.7 Å². The fraction of sp³-hybridized carbons (Fsp3) is 0.167. The number of nitrogens with one attached hydrogen (secondary N) is 1. The van der Waals surface area contributed by atoms with E-state index < -0.39 is 10.8 Å². The highest BCUT2D eigenvalue weighted by atomic mass is 16.6. The van der Waals surface area contributed by atoms with E-state index in [9.17, 15) is 14.9 Å². The number of rotatable bonds is 6. The molecular formula is C18H18N2O5. The maximum atomic E-state index is 12.1. The number of nitro groups is 1. The lowest BCUT2D eigenvalue weighted by atomic mass is 10.1. The van der Waals surface area contributed by atoms with Gasteiger partial charge < -0.3 is 14.8 Å². The van der Waals surface area contributed by atoms with Gasteiger partial charge in [-0.05, 0) is 36.3 Å². The molecule has 7 nitrogen and oxygen atoms in total. The molecule has 0 aromatic heterocycles. The molecule has 0 saturated heterocycles. The van der Waals surface area contributed by atoms with E-state index in [0.717, 1.165) is 11.1 Å². The monoisotopic (exact) mass is 342 g/mol. The molecule has 0 fully saturated rings. The maximum Gasteiger partial charge on any atom is 0.271 e. The quantitative estimate of drug-likeness (QED) is 0.492. The Balaban J connectivity index is 2.16. The molecule has 2 rings (SSSR count). The van der Waals surface area contributed by atoms with E-state index in [2.05, 4.69) is 5.32 Å². The van der Waals surface area contributed by atoms with Crippen LogP contribution in [0.1, 0.15) is 11.1 Å². The first-order chi connectivity index (χ1) is 11.9. The van der Waals surface area contributed by atoms with Crippen molar-refractivity contribution in [2.45, 2.75) is 6.92 Å². The Hall–Kier alpha value is -3.35. The Bertz CT molecular complexity index is 808. The first kappa shape index (κ1) is 18.0. The highest BCUT2D eigenvalue weighted by Gasteiger charge is 2.10. The number of non-ortho nitro benzene ring substituents is 1. The van der Waals surface area contributed by atoms with Crippen LogP contribution in [0.2, 0.25) is 0 Å². The van der Waals surface area contributed by atoms with E-state index in [1.807, 2.05) is 0 Å². The van der Waals surface area contributed by atoms with Crippen LogP contribution >= 0.6 is 0 Å². The summed E-state index contributed by atoms with van der Waals surface area (Å²) >= 11 is 0. The third-order valence-corrected chi connectivity index (χ3v) is 3.49. The third kappa shape index (κ3) is 4.81. The predicted octanol–water partition coefficient (Wildman–Crippen LogP) is 3.57. The average Bonchev–Trinajstić information content (AvgIpc) is 2.61. The second kappa shape index (κ2) is 7.96. The molecule has 0 saturated carbocycles. The van der Waals surface area contributed by atoms with Gasteiger partial charge >= 0.3 is 0 Å². The molecule has 1 amide bonds. The molecule has 0 aliphatic carbocycles. The summed E-state index contributed by atoms with van der Waals surface area (Å²) in [5.74, 6) is 0.813. The largest absolute Gasteiger partial charge is 0.497 e. The molecule has 25 heavy (non-hydrogen) atoms. The highest BCUT2D eigenvalue weighted by Crippen LogP contribution is 2.24. The summed E-state index contributed by atoms with van der Waals surface area (Å²) < 4.78 is 10.3. The number of hydrogen-bond donors (Lipinski definition) is 1. The predicted molar refractivity (Wildman–Crippen MR) is 95.0 cm³/mol. The van der Waals surface area contributed by atoms with Gasteiger partial charge in [0.2, 0.25) is 5.91 Å². The standard InChI is InChI=1S/C18H18N2O5/c1-12-4-6-14(20(22)23)10-17(12)19-18(21)7-5-13-8-15(24-2)11-16(9-13)25-3/h4-11H,1-3H3,(H,19,21)/b7-5+. The molecule has 2 aromatic carbocycles. The Morgan fingerprint density at radius 1 is 1.12 bits per heavy atom. The molecule has 0 radical (unpaired) electrons. The van der Waals surface area contributed by atoms with E-state index in [1.54, 1.807) is 51.5 Å². The number of methoxy groups -OCH3 is 2. The number of aryl methyl sites for hydroxylation is 1. The maximum absolute atomic E-state index is 12.1. The SMILES string of the molecule is COc1cc(/C=C/C(=O)Nc2cc([N+](=O)[O-])ccc2C)cc(OC)c1. The van der Waals surface area contributed by atoms with Gasteiger partial charge in [0.1, 0.15) is 11.5 Å². The third-order valence-electron chi connectivity index (χ3n) is 3.49. The van der Waals surface area contributed by atoms with Gasteiger partial charge in [0.15, 0.2) is 0 Å². The van der Waals surface area contributed by atoms with Gasteiger partial charge in [-0.1, -0.05) is 6.07 Å². The van der Waals surface area contributed by atoms with E-state index in [0.29, 0.717) is 17.2 Å². The summed E-state index contributed by atoms with van der Waals surface area (Å²) in [5, 5.41) is 13.5. The molecule has 7 heteroatoms. The molecule has 130 valence electrons. The zero-order valence-electron chi connectivity index (χ0n) is 14.1. The number of hydrogen-bond acceptors (Lipinski definition) is 5. The summed E-state index contributed by atoms with van der Waals surface area (Å²) in [4.78, 5) is 22.4. The Labute approximate surface area is 145 Å². The molecule has 0 aliphatic rings. The van der Waals surface area contributed by atoms with Gasteiger partial charge in [0, 0.05) is 24.3 Å². The Morgan fingerprint density at radius 2 is 1.76 bits per heavy atom. The van der Waals surface area contributed by atoms with Crippen LogP contribution in [0.4, 0.5) is 11.4 Å². The van der Waals surface area contributed by atoms with Crippen molar-refractivity contribution in [1.82, 2.24) is 0 Å². The molecule has 0 unspecified atom stereocenters. The van der Waals surface area contributed by atoms with E-state index in [-0.39, 0.29) is 5.69 Å². The van der Waals surface area contributed by atoms with Gasteiger partial charge in [-0.3, -0.25) is 14.9 Å². The summed E-state index contributed by atoms with van der Waals surface area (Å²) in [6.45, 7) is 1.76. The summed E-state index contributed by atoms with van der Waals surface area (Å²) in [6, 6.07) is 9.54. The zero-order chi connectivity index (χ0) is 18.4. The number of ether oxygens (including phenoxy) is 2. The minimum absolute atomic E-state index is 0.0811. The molecule has 0 spiro atoms. The van der Waals surface area contributed by atoms with Crippen LogP contribution in [-0.4, -0.2) is 25.1 Å². The van der Waals surface area contributed by atoms with Gasteiger partial charge in [-0.15, -0.1) is 0 Å². The smallest absolute Gasteiger partial charge is 0.271 e. The normalized spacial score (nSPS) is 10.5. The van der Waals surface area contributed by atoms with Crippen LogP contribution < -0.4 is 14.8 Å². The Morgan fingerprint density at radius 3 is 2.32 bits per heavy atom. The Kier molecular flexibility index (Phi) is 5.73. The second-order valence-electron chi connectivity index (χ2n) is 5.22. The molecular weight excluding hydrogens is 324 g/mol. The average molecular weight is 342 g/mol. The highest BCUT2D eigenvalue weighted by molar-refractivity contribution is 6.02. The van der Waals surface area contributed by atoms with Crippen LogP contribution in [0.3, 0.4) is 0 Å². The van der Waals surface area contributed by atoms with E-state index in [1.165, 1.54) is 18.2 Å². The minimum Gasteiger partial charge on any atom is -0.497 e. The van der Waals surface area contributed by atoms with Crippen molar-refractivity contribution in [3.05, 3.63) is 63.7 Å². The number of nitrogens with zero attached hydrogens (tertiary/aromatic N) is 1. The van der Waals surface area contributed by atoms with Crippen molar-refractivity contribution in [2.24, 2.45) is 0 Å². The van der Waals surface area contributed by atoms with Crippen molar-refractivity contribution < 1.29 is 19.2 Å². The summed E-state index contributed by atoms with van der Waals surface area (Å²) in [7, 11) is 3.08. The lowest BCUT2D eigenvalue weighted by Gasteiger charge is -2.07. The zero-order valence-corrected chi connectivity index (χ0v) is 14.1. The van der Waals surface area contributed by atoms with Gasteiger partial charge in [0.05, 0.1) is 24.8 Å². The minimum atomic E-state index is -0.506. The summed E-state index contributed by atoms with van der Waals surface area (Å²) in [5.41, 5.74) is 1.77. The van der Waals surface area contributed by atoms with Crippen LogP contribution in [0.5, 0.6) is 11.5 Å². The van der Waals surface area contributed by atoms with Crippen LogP contribution in [0.15, 0.2) is 42.5 Å². The molecule has 0 heterocycles. The molecule has 2 aromatic rings. The molecule has 1 N–H and O–H groups in total. The first-order valence-corrected chi connectivity index (χ1v) is 7.40. The first-order valence-electron chi connectivity index (χ1n) is 7.40. The van der Waals surface area contributed by atoms with Crippen LogP contribution in [0, 0.1) is 17.0 Å². The lowest BCUT2D eigenvalue weighted by Crippen LogP contribution is -2.09. The van der Waals surface area contributed by atoms with Crippen molar-refractivity contribution in [3.8, 4) is 11.5 Å². The van der Waals surface area contributed by atoms with Crippen molar-refractivity contribution in [1.29, 1.82) is 0 Å². The fourth-order valence-corrected chi connectivity index (χ4v) is 2.13. The number of carbonyl (C=O) groups is 1. The van der Waals surface area contributed by atoms with Gasteiger partial charge in [-0.25, -0.2) is 0 Å². The number of nitro benzene ring substituents is 1. The van der Waals surface area contributed by atoms with Crippen molar-refractivity contribution >= 4 is 23.4 Å². The summed E-state index contributed by atoms with van der Waals surface area (Å²) in [6.07, 6.45) is 2.94. The van der Waals surface area contributed by atoms with E-state index in [4.69, 9.17) is 9.47 Å². The van der Waals surface area contributed by atoms with Crippen molar-refractivity contribution in [3.63, 3.8) is 0 Å². The van der Waals surface area contributed by atoms with Crippen molar-refractivity contribution in [2.75, 3.05) is 19.5 Å². The number of carbonyl (C=O) groups excluding carboxylic acids is 1.